The number of allylic oxidation sites excluding steroid dienone is 2. The topological polar surface area (TPSA) is 48.6 Å². The van der Waals surface area contributed by atoms with Crippen molar-refractivity contribution in [2.24, 2.45) is 4.99 Å². The summed E-state index contributed by atoms with van der Waals surface area (Å²) in [7, 11) is 0. The third kappa shape index (κ3) is 3.11. The quantitative estimate of drug-likeness (QED) is 0.620. The number of hydrogen-bond donors (Lipinski definition) is 0. The first-order chi connectivity index (χ1) is 14.1. The predicted molar refractivity (Wildman–Crippen MR) is 89.3 cm³/mol. The van der Waals surface area contributed by atoms with E-state index in [0.29, 0.717) is 12.3 Å². The van der Waals surface area contributed by atoms with E-state index in [2.05, 4.69) is 9.73 Å². The second kappa shape index (κ2) is 6.75. The summed E-state index contributed by atoms with van der Waals surface area (Å²) >= 11 is 0. The van der Waals surface area contributed by atoms with E-state index in [-0.39, 0.29) is 41.9 Å². The number of aliphatic imine (C=N–C) groups is 1. The highest BCUT2D eigenvalue weighted by molar-refractivity contribution is 6.00. The van der Waals surface area contributed by atoms with Crippen LogP contribution in [-0.4, -0.2) is 30.1 Å². The van der Waals surface area contributed by atoms with Gasteiger partial charge in [0.15, 0.2) is 11.6 Å². The number of hydrogen-bond acceptors (Lipinski definition) is 4. The predicted octanol–water partition coefficient (Wildman–Crippen LogP) is 4.99. The van der Waals surface area contributed by atoms with Crippen molar-refractivity contribution in [3.8, 4) is 6.07 Å². The molecule has 1 aromatic rings. The third-order valence-electron chi connectivity index (χ3n) is 5.30. The van der Waals surface area contributed by atoms with Crippen LogP contribution >= 0.6 is 0 Å². The lowest BCUT2D eigenvalue weighted by molar-refractivity contribution is -0.0981. The molecule has 1 aromatic carbocycles. The van der Waals surface area contributed by atoms with Crippen molar-refractivity contribution in [3.63, 3.8) is 0 Å². The molecule has 1 spiro atoms. The molecule has 2 atom stereocenters. The van der Waals surface area contributed by atoms with Crippen LogP contribution in [0.2, 0.25) is 0 Å². The molecule has 0 aromatic heterocycles. The van der Waals surface area contributed by atoms with Crippen molar-refractivity contribution in [2.75, 3.05) is 6.54 Å². The molecule has 30 heavy (non-hydrogen) atoms. The van der Waals surface area contributed by atoms with E-state index in [1.807, 2.05) is 0 Å². The van der Waals surface area contributed by atoms with Crippen molar-refractivity contribution in [2.45, 2.75) is 37.3 Å². The second-order valence-corrected chi connectivity index (χ2v) is 7.07. The van der Waals surface area contributed by atoms with Crippen LogP contribution in [0.3, 0.4) is 0 Å². The van der Waals surface area contributed by atoms with E-state index in [0.717, 1.165) is 11.0 Å². The molecule has 11 heteroatoms. The molecule has 2 aliphatic heterocycles. The zero-order valence-corrected chi connectivity index (χ0v) is 15.0. The number of nitriles is 1. The van der Waals surface area contributed by atoms with Gasteiger partial charge in [-0.1, -0.05) is 6.07 Å². The van der Waals surface area contributed by atoms with Gasteiger partial charge in [-0.05, 0) is 30.5 Å². The van der Waals surface area contributed by atoms with Crippen molar-refractivity contribution in [3.05, 3.63) is 58.2 Å². The Balaban J connectivity index is 1.85. The smallest absolute Gasteiger partial charge is 0.417 e. The largest absolute Gasteiger partial charge is 0.431 e. The van der Waals surface area contributed by atoms with Crippen molar-refractivity contribution in [1.82, 2.24) is 4.90 Å². The van der Waals surface area contributed by atoms with Gasteiger partial charge in [0.25, 0.3) is 0 Å². The summed E-state index contributed by atoms with van der Waals surface area (Å²) in [6.07, 6.45) is -5.64. The molecule has 0 saturated carbocycles. The van der Waals surface area contributed by atoms with Gasteiger partial charge >= 0.3 is 12.8 Å². The number of benzene rings is 1. The maximum absolute atomic E-state index is 14.7. The van der Waals surface area contributed by atoms with E-state index < -0.39 is 41.6 Å². The Morgan fingerprint density at radius 1 is 1.30 bits per heavy atom. The minimum Gasteiger partial charge on any atom is -0.431 e. The van der Waals surface area contributed by atoms with Gasteiger partial charge in [0.2, 0.25) is 0 Å². The summed E-state index contributed by atoms with van der Waals surface area (Å²) in [4.78, 5) is 5.31. The highest BCUT2D eigenvalue weighted by Gasteiger charge is 2.50. The highest BCUT2D eigenvalue weighted by atomic mass is 19.4. The lowest BCUT2D eigenvalue weighted by atomic mass is 9.75. The molecule has 0 unspecified atom stereocenters. The molecule has 4 rings (SSSR count). The monoisotopic (exact) mass is 431 g/mol. The van der Waals surface area contributed by atoms with Crippen molar-refractivity contribution < 1.29 is 35.5 Å². The zero-order chi connectivity index (χ0) is 21.8. The average Bonchev–Trinajstić information content (AvgIpc) is 3.03. The Morgan fingerprint density at radius 2 is 2.03 bits per heavy atom. The number of amidine groups is 1. The molecule has 3 aliphatic rings. The lowest BCUT2D eigenvalue weighted by Gasteiger charge is -2.35. The van der Waals surface area contributed by atoms with E-state index in [1.54, 1.807) is 6.07 Å². The van der Waals surface area contributed by atoms with Gasteiger partial charge in [0.1, 0.15) is 23.6 Å². The van der Waals surface area contributed by atoms with Gasteiger partial charge in [-0.3, -0.25) is 4.99 Å². The van der Waals surface area contributed by atoms with Gasteiger partial charge < -0.3 is 9.64 Å². The molecule has 0 N–H and O–H groups in total. The van der Waals surface area contributed by atoms with Crippen LogP contribution < -0.4 is 0 Å². The lowest BCUT2D eigenvalue weighted by Crippen LogP contribution is -2.37. The van der Waals surface area contributed by atoms with Gasteiger partial charge in [-0.2, -0.15) is 27.2 Å². The van der Waals surface area contributed by atoms with Crippen LogP contribution in [-0.2, 0) is 10.3 Å². The molecule has 0 bridgehead atoms. The van der Waals surface area contributed by atoms with Crippen LogP contribution in [0, 0.1) is 17.1 Å². The molecular weight excluding hydrogens is 419 g/mol. The number of fused-ring (bicyclic) bond motifs is 3. The van der Waals surface area contributed by atoms with Gasteiger partial charge in [-0.15, -0.1) is 0 Å². The Morgan fingerprint density at radius 3 is 2.67 bits per heavy atom. The first kappa shape index (κ1) is 20.3. The molecule has 2 heterocycles. The summed E-state index contributed by atoms with van der Waals surface area (Å²) in [6, 6.07) is 4.05. The first-order valence-corrected chi connectivity index (χ1v) is 8.75. The fraction of sp³-hybridized carbons (Fsp3) is 0.368. The van der Waals surface area contributed by atoms with E-state index in [1.165, 1.54) is 6.07 Å². The van der Waals surface area contributed by atoms with Crippen molar-refractivity contribution in [1.29, 1.82) is 5.26 Å². The summed E-state index contributed by atoms with van der Waals surface area (Å²) in [5.41, 5.74) is -3.29. The SMILES string of the molecule is N#Cc1ccc2c(c1F)[C@H](F)CC[C@@]21CN2C=C(C(F)(F)F)C=C(OC(F)F)C2=N1. The molecule has 4 nitrogen and oxygen atoms in total. The fourth-order valence-electron chi connectivity index (χ4n) is 4.03. The van der Waals surface area contributed by atoms with Gasteiger partial charge in [0, 0.05) is 11.8 Å². The Labute approximate surface area is 165 Å². The summed E-state index contributed by atoms with van der Waals surface area (Å²) in [5.74, 6) is -2.12. The summed E-state index contributed by atoms with van der Waals surface area (Å²) in [6.45, 7) is -3.65. The van der Waals surface area contributed by atoms with E-state index >= 15 is 0 Å². The van der Waals surface area contributed by atoms with Crippen LogP contribution in [0.5, 0.6) is 0 Å². The minimum atomic E-state index is -4.83. The Bertz CT molecular complexity index is 1040. The second-order valence-electron chi connectivity index (χ2n) is 7.07. The maximum Gasteiger partial charge on any atom is 0.417 e. The molecule has 0 amide bonds. The van der Waals surface area contributed by atoms with Crippen molar-refractivity contribution >= 4 is 5.84 Å². The summed E-state index contributed by atoms with van der Waals surface area (Å²) < 4.78 is 98.7. The molecule has 0 radical (unpaired) electrons. The number of ether oxygens (including phenoxy) is 1. The molecule has 1 aliphatic carbocycles. The maximum atomic E-state index is 14.7. The normalized spacial score (nSPS) is 25.4. The minimum absolute atomic E-state index is 0.00363. The number of alkyl halides is 6. The van der Waals surface area contributed by atoms with Gasteiger partial charge in [0.05, 0.1) is 17.7 Å². The molecule has 0 fully saturated rings. The molecule has 0 saturated heterocycles. The Kier molecular flexibility index (Phi) is 4.56. The van der Waals surface area contributed by atoms with E-state index in [9.17, 15) is 30.7 Å². The van der Waals surface area contributed by atoms with Crippen LogP contribution in [0.4, 0.5) is 30.7 Å². The molecule has 158 valence electrons. The molecular formula is C19H12F7N3O. The highest BCUT2D eigenvalue weighted by Crippen LogP contribution is 2.50. The zero-order valence-electron chi connectivity index (χ0n) is 15.0. The fourth-order valence-corrected chi connectivity index (χ4v) is 4.03. The average molecular weight is 431 g/mol. The standard InChI is InChI=1S/C19H12F7N3O/c20-12-3-4-18(11-2-1-9(6-27)15(21)14(11)12)8-29-7-10(19(24,25)26)5-13(16(29)28-18)30-17(22)23/h1-2,5,7,12,17H,3-4,8H2/t12-,18-/m1/s1. The Hall–Kier alpha value is -3.03. The van der Waals surface area contributed by atoms with Gasteiger partial charge in [-0.25, -0.2) is 8.78 Å². The first-order valence-electron chi connectivity index (χ1n) is 8.75. The number of nitrogens with zero attached hydrogens (tertiary/aromatic N) is 3. The summed E-state index contributed by atoms with van der Waals surface area (Å²) in [5, 5.41) is 9.00. The third-order valence-corrected chi connectivity index (χ3v) is 5.30. The van der Waals surface area contributed by atoms with Crippen LogP contribution in [0.15, 0.2) is 40.7 Å². The number of halogens is 7. The van der Waals surface area contributed by atoms with Crippen LogP contribution in [0.25, 0.3) is 0 Å². The van der Waals surface area contributed by atoms with Crippen LogP contribution in [0.1, 0.15) is 35.7 Å². The van der Waals surface area contributed by atoms with E-state index in [4.69, 9.17) is 5.26 Å². The number of rotatable bonds is 2.